The fourth-order valence-electron chi connectivity index (χ4n) is 1.19. The number of hydrogen-bond donors (Lipinski definition) is 3. The van der Waals surface area contributed by atoms with Crippen molar-refractivity contribution in [2.45, 2.75) is 19.4 Å². The fraction of sp³-hybridized carbons (Fsp3) is 0.600. The van der Waals surface area contributed by atoms with Crippen molar-refractivity contribution in [3.63, 3.8) is 0 Å². The first-order valence-electron chi connectivity index (χ1n) is 5.00. The van der Waals surface area contributed by atoms with Gasteiger partial charge in [-0.3, -0.25) is 0 Å². The van der Waals surface area contributed by atoms with Gasteiger partial charge >= 0.3 is 0 Å². The summed E-state index contributed by atoms with van der Waals surface area (Å²) in [6, 6.07) is 0. The van der Waals surface area contributed by atoms with Crippen LogP contribution in [0.1, 0.15) is 13.8 Å². The van der Waals surface area contributed by atoms with Gasteiger partial charge in [-0.1, -0.05) is 0 Å². The summed E-state index contributed by atoms with van der Waals surface area (Å²) in [5.41, 5.74) is -0.466. The molecule has 0 saturated carbocycles. The average molecular weight is 226 g/mol. The van der Waals surface area contributed by atoms with E-state index in [1.54, 1.807) is 14.2 Å². The minimum absolute atomic E-state index is 0.00492. The van der Waals surface area contributed by atoms with E-state index in [-0.39, 0.29) is 6.61 Å². The van der Waals surface area contributed by atoms with Crippen molar-refractivity contribution in [2.24, 2.45) is 0 Å². The van der Waals surface area contributed by atoms with E-state index in [0.717, 1.165) is 0 Å². The number of methoxy groups -OCH3 is 1. The standard InChI is InChI=1S/C10H18N4O2/c1-10(2,5-15)14-9-7(16-4)8(11-3)12-6-13-9/h6,15H,5H2,1-4H3,(H2,11,12,13,14). The third kappa shape index (κ3) is 2.73. The van der Waals surface area contributed by atoms with Gasteiger partial charge in [-0.15, -0.1) is 0 Å². The number of anilines is 2. The molecule has 1 heterocycles. The Morgan fingerprint density at radius 3 is 2.50 bits per heavy atom. The number of aliphatic hydroxyl groups excluding tert-OH is 1. The first-order valence-corrected chi connectivity index (χ1v) is 5.00. The molecule has 0 atom stereocenters. The molecular formula is C10H18N4O2. The quantitative estimate of drug-likeness (QED) is 0.686. The minimum Gasteiger partial charge on any atom is -0.490 e. The summed E-state index contributed by atoms with van der Waals surface area (Å²) in [6.07, 6.45) is 1.43. The molecule has 0 aliphatic heterocycles. The highest BCUT2D eigenvalue weighted by Crippen LogP contribution is 2.30. The number of aromatic nitrogens is 2. The summed E-state index contributed by atoms with van der Waals surface area (Å²) in [4.78, 5) is 8.13. The van der Waals surface area contributed by atoms with Crippen LogP contribution in [0.2, 0.25) is 0 Å². The van der Waals surface area contributed by atoms with E-state index in [9.17, 15) is 5.11 Å². The number of rotatable bonds is 5. The predicted octanol–water partition coefficient (Wildman–Crippen LogP) is 0.710. The van der Waals surface area contributed by atoms with Crippen molar-refractivity contribution in [2.75, 3.05) is 31.4 Å². The largest absolute Gasteiger partial charge is 0.490 e. The van der Waals surface area contributed by atoms with E-state index in [0.29, 0.717) is 17.4 Å². The first-order chi connectivity index (χ1) is 7.54. The lowest BCUT2D eigenvalue weighted by atomic mass is 10.1. The van der Waals surface area contributed by atoms with Crippen LogP contribution in [-0.2, 0) is 0 Å². The van der Waals surface area contributed by atoms with Crippen LogP contribution in [0.4, 0.5) is 11.6 Å². The Labute approximate surface area is 95.1 Å². The molecule has 1 rings (SSSR count). The van der Waals surface area contributed by atoms with Crippen LogP contribution < -0.4 is 15.4 Å². The number of nitrogens with one attached hydrogen (secondary N) is 2. The molecule has 0 bridgehead atoms. The molecule has 6 nitrogen and oxygen atoms in total. The molecule has 3 N–H and O–H groups in total. The second-order valence-electron chi connectivity index (χ2n) is 4.02. The van der Waals surface area contributed by atoms with Crippen LogP contribution in [-0.4, -0.2) is 41.4 Å². The molecule has 0 saturated heterocycles. The summed E-state index contributed by atoms with van der Waals surface area (Å²) in [5, 5.41) is 15.2. The second-order valence-corrected chi connectivity index (χ2v) is 4.02. The molecule has 0 radical (unpaired) electrons. The van der Waals surface area contributed by atoms with Crippen LogP contribution in [0.25, 0.3) is 0 Å². The summed E-state index contributed by atoms with van der Waals surface area (Å²) in [6.45, 7) is 3.73. The Morgan fingerprint density at radius 2 is 2.00 bits per heavy atom. The Kier molecular flexibility index (Phi) is 3.89. The molecule has 0 amide bonds. The zero-order valence-electron chi connectivity index (χ0n) is 10.0. The molecule has 1 aromatic heterocycles. The number of ether oxygens (including phenoxy) is 1. The Hall–Kier alpha value is -1.56. The summed E-state index contributed by atoms with van der Waals surface area (Å²) in [5.74, 6) is 1.70. The van der Waals surface area contributed by atoms with Gasteiger partial charge in [0.15, 0.2) is 11.6 Å². The third-order valence-electron chi connectivity index (χ3n) is 2.10. The SMILES string of the molecule is CNc1ncnc(NC(C)(C)CO)c1OC. The van der Waals surface area contributed by atoms with Gasteiger partial charge in [-0.05, 0) is 13.8 Å². The maximum absolute atomic E-state index is 9.18. The zero-order valence-corrected chi connectivity index (χ0v) is 10.0. The van der Waals surface area contributed by atoms with E-state index in [4.69, 9.17) is 4.74 Å². The Balaban J connectivity index is 3.04. The third-order valence-corrected chi connectivity index (χ3v) is 2.10. The molecule has 0 unspecified atom stereocenters. The van der Waals surface area contributed by atoms with Gasteiger partial charge in [0.2, 0.25) is 5.75 Å². The molecule has 0 aliphatic carbocycles. The molecule has 6 heteroatoms. The van der Waals surface area contributed by atoms with Crippen LogP contribution >= 0.6 is 0 Å². The number of nitrogens with zero attached hydrogens (tertiary/aromatic N) is 2. The van der Waals surface area contributed by atoms with Gasteiger partial charge in [-0.25, -0.2) is 9.97 Å². The van der Waals surface area contributed by atoms with Gasteiger partial charge in [0.25, 0.3) is 0 Å². The molecular weight excluding hydrogens is 208 g/mol. The maximum atomic E-state index is 9.18. The summed E-state index contributed by atoms with van der Waals surface area (Å²) < 4.78 is 5.23. The summed E-state index contributed by atoms with van der Waals surface area (Å²) in [7, 11) is 3.31. The second kappa shape index (κ2) is 4.98. The lowest BCUT2D eigenvalue weighted by molar-refractivity contribution is 0.233. The Bertz CT molecular complexity index is 355. The summed E-state index contributed by atoms with van der Waals surface area (Å²) >= 11 is 0. The normalized spacial score (nSPS) is 11.1. The highest BCUT2D eigenvalue weighted by atomic mass is 16.5. The highest BCUT2D eigenvalue weighted by molar-refractivity contribution is 5.63. The zero-order chi connectivity index (χ0) is 12.2. The van der Waals surface area contributed by atoms with Crippen LogP contribution in [0.3, 0.4) is 0 Å². The van der Waals surface area contributed by atoms with E-state index < -0.39 is 5.54 Å². The highest BCUT2D eigenvalue weighted by Gasteiger charge is 2.20. The minimum atomic E-state index is -0.466. The molecule has 0 aromatic carbocycles. The van der Waals surface area contributed by atoms with Gasteiger partial charge in [0.1, 0.15) is 6.33 Å². The van der Waals surface area contributed by atoms with Gasteiger partial charge in [-0.2, -0.15) is 0 Å². The molecule has 16 heavy (non-hydrogen) atoms. The molecule has 1 aromatic rings. The van der Waals surface area contributed by atoms with E-state index in [1.165, 1.54) is 6.33 Å². The first kappa shape index (κ1) is 12.5. The van der Waals surface area contributed by atoms with Crippen LogP contribution in [0.5, 0.6) is 5.75 Å². The van der Waals surface area contributed by atoms with Crippen molar-refractivity contribution in [1.82, 2.24) is 9.97 Å². The maximum Gasteiger partial charge on any atom is 0.204 e. The van der Waals surface area contributed by atoms with E-state index >= 15 is 0 Å². The van der Waals surface area contributed by atoms with Gasteiger partial charge < -0.3 is 20.5 Å². The average Bonchev–Trinajstić information content (AvgIpc) is 2.28. The smallest absolute Gasteiger partial charge is 0.204 e. The van der Waals surface area contributed by atoms with Crippen LogP contribution in [0.15, 0.2) is 6.33 Å². The lowest BCUT2D eigenvalue weighted by Gasteiger charge is -2.25. The lowest BCUT2D eigenvalue weighted by Crippen LogP contribution is -2.35. The predicted molar refractivity (Wildman–Crippen MR) is 62.9 cm³/mol. The van der Waals surface area contributed by atoms with Crippen molar-refractivity contribution >= 4 is 11.6 Å². The van der Waals surface area contributed by atoms with Crippen molar-refractivity contribution < 1.29 is 9.84 Å². The molecule has 0 spiro atoms. The van der Waals surface area contributed by atoms with Gasteiger partial charge in [0.05, 0.1) is 19.3 Å². The molecule has 90 valence electrons. The van der Waals surface area contributed by atoms with Crippen molar-refractivity contribution in [1.29, 1.82) is 0 Å². The molecule has 0 aliphatic rings. The van der Waals surface area contributed by atoms with Crippen molar-refractivity contribution in [3.8, 4) is 5.75 Å². The topological polar surface area (TPSA) is 79.3 Å². The van der Waals surface area contributed by atoms with E-state index in [1.807, 2.05) is 13.8 Å². The number of aliphatic hydroxyl groups is 1. The van der Waals surface area contributed by atoms with Gasteiger partial charge in [0, 0.05) is 7.05 Å². The fourth-order valence-corrected chi connectivity index (χ4v) is 1.19. The van der Waals surface area contributed by atoms with Crippen LogP contribution in [0, 0.1) is 0 Å². The Morgan fingerprint density at radius 1 is 1.38 bits per heavy atom. The molecule has 0 fully saturated rings. The monoisotopic (exact) mass is 226 g/mol. The van der Waals surface area contributed by atoms with Crippen molar-refractivity contribution in [3.05, 3.63) is 6.33 Å². The van der Waals surface area contributed by atoms with E-state index in [2.05, 4.69) is 20.6 Å². The number of hydrogen-bond acceptors (Lipinski definition) is 6.